The van der Waals surface area contributed by atoms with E-state index in [9.17, 15) is 13.6 Å². The largest absolute Gasteiger partial charge is 0.397 e. The minimum absolute atomic E-state index is 0.298. The maximum Gasteiger partial charge on any atom is 0.278 e. The fraction of sp³-hybridized carbons (Fsp3) is 0.286. The summed E-state index contributed by atoms with van der Waals surface area (Å²) in [6.45, 7) is 1.83. The van der Waals surface area contributed by atoms with Crippen molar-refractivity contribution in [2.75, 3.05) is 19.0 Å². The number of amides is 1. The number of hydrogen-bond donors (Lipinski definition) is 1. The van der Waals surface area contributed by atoms with Gasteiger partial charge >= 0.3 is 0 Å². The summed E-state index contributed by atoms with van der Waals surface area (Å²) in [7, 11) is 2.90. The number of nitrogens with zero attached hydrogens (tertiary/aromatic N) is 2. The van der Waals surface area contributed by atoms with Gasteiger partial charge in [-0.3, -0.25) is 9.79 Å². The highest BCUT2D eigenvalue weighted by Crippen LogP contribution is 2.20. The van der Waals surface area contributed by atoms with Gasteiger partial charge in [0.15, 0.2) is 0 Å². The molecule has 1 rings (SSSR count). The third-order valence-electron chi connectivity index (χ3n) is 2.82. The molecule has 20 heavy (non-hydrogen) atoms. The van der Waals surface area contributed by atoms with Crippen LogP contribution in [0.15, 0.2) is 40.5 Å². The van der Waals surface area contributed by atoms with Gasteiger partial charge < -0.3 is 10.6 Å². The van der Waals surface area contributed by atoms with Crippen LogP contribution in [0.3, 0.4) is 0 Å². The first kappa shape index (κ1) is 15.8. The summed E-state index contributed by atoms with van der Waals surface area (Å²) in [5.74, 6) is -0.622. The molecule has 0 aliphatic heterocycles. The number of rotatable bonds is 4. The van der Waals surface area contributed by atoms with E-state index in [1.807, 2.05) is 19.1 Å². The number of nitrogens with two attached hydrogens (primary N) is 1. The van der Waals surface area contributed by atoms with Gasteiger partial charge in [0.05, 0.1) is 11.3 Å². The molecule has 0 aromatic heterocycles. The van der Waals surface area contributed by atoms with Crippen molar-refractivity contribution in [3.8, 4) is 0 Å². The van der Waals surface area contributed by atoms with E-state index in [1.165, 1.54) is 19.0 Å². The van der Waals surface area contributed by atoms with Gasteiger partial charge in [0, 0.05) is 26.0 Å². The Balaban J connectivity index is 3.21. The van der Waals surface area contributed by atoms with Gasteiger partial charge in [-0.1, -0.05) is 18.2 Å². The lowest BCUT2D eigenvalue weighted by Gasteiger charge is -2.20. The van der Waals surface area contributed by atoms with Gasteiger partial charge in [-0.15, -0.1) is 0 Å². The first-order valence-electron chi connectivity index (χ1n) is 5.93. The van der Waals surface area contributed by atoms with Crippen LogP contribution in [0.5, 0.6) is 0 Å². The molecule has 4 nitrogen and oxygen atoms in total. The Kier molecular flexibility index (Phi) is 5.37. The minimum Gasteiger partial charge on any atom is -0.397 e. The van der Waals surface area contributed by atoms with Crippen LogP contribution in [0.1, 0.15) is 5.56 Å². The predicted octanol–water partition coefficient (Wildman–Crippen LogP) is 2.14. The number of carbonyl (C=O) groups is 1. The lowest BCUT2D eigenvalue weighted by molar-refractivity contribution is -0.114. The maximum absolute atomic E-state index is 12.7. The molecule has 0 atom stereocenters. The molecule has 0 spiro atoms. The summed E-state index contributed by atoms with van der Waals surface area (Å²) in [6.07, 6.45) is -1.85. The third kappa shape index (κ3) is 3.40. The summed E-state index contributed by atoms with van der Waals surface area (Å²) in [6, 6.07) is 7.15. The van der Waals surface area contributed by atoms with Gasteiger partial charge in [0.25, 0.3) is 12.3 Å². The first-order valence-corrected chi connectivity index (χ1v) is 5.93. The molecule has 0 fully saturated rings. The van der Waals surface area contributed by atoms with Crippen LogP contribution in [0, 0.1) is 6.92 Å². The SMILES string of the molecule is CN=CC(C(=O)N(C)c1ccccc1C)=C(N)C(F)F. The van der Waals surface area contributed by atoms with Crippen molar-refractivity contribution < 1.29 is 13.6 Å². The van der Waals surface area contributed by atoms with Crippen molar-refractivity contribution in [2.24, 2.45) is 10.7 Å². The smallest absolute Gasteiger partial charge is 0.278 e. The highest BCUT2D eigenvalue weighted by molar-refractivity contribution is 6.19. The number of para-hydroxylation sites is 1. The summed E-state index contributed by atoms with van der Waals surface area (Å²) in [5.41, 5.74) is 5.70. The lowest BCUT2D eigenvalue weighted by atomic mass is 10.1. The number of hydrogen-bond acceptors (Lipinski definition) is 3. The standard InChI is InChI=1S/C14H17F2N3O/c1-9-6-4-5-7-11(9)19(3)14(20)10(8-18-2)12(17)13(15)16/h4-8,13H,17H2,1-3H3. The lowest BCUT2D eigenvalue weighted by Crippen LogP contribution is -2.32. The van der Waals surface area contributed by atoms with Crippen molar-refractivity contribution in [2.45, 2.75) is 13.3 Å². The normalized spacial score (nSPS) is 12.7. The van der Waals surface area contributed by atoms with Crippen LogP contribution in [-0.2, 0) is 4.79 Å². The molecule has 2 N–H and O–H groups in total. The molecule has 0 radical (unpaired) electrons. The van der Waals surface area contributed by atoms with Gasteiger partial charge in [-0.2, -0.15) is 0 Å². The Hall–Kier alpha value is -2.24. The molecular weight excluding hydrogens is 264 g/mol. The molecule has 0 unspecified atom stereocenters. The van der Waals surface area contributed by atoms with E-state index in [-0.39, 0.29) is 5.57 Å². The zero-order chi connectivity index (χ0) is 15.3. The maximum atomic E-state index is 12.7. The summed E-state index contributed by atoms with van der Waals surface area (Å²) < 4.78 is 25.4. The predicted molar refractivity (Wildman–Crippen MR) is 76.2 cm³/mol. The highest BCUT2D eigenvalue weighted by atomic mass is 19.3. The average molecular weight is 281 g/mol. The Morgan fingerprint density at radius 3 is 2.50 bits per heavy atom. The Labute approximate surface area is 116 Å². The molecule has 0 saturated heterocycles. The van der Waals surface area contributed by atoms with E-state index in [0.717, 1.165) is 11.8 Å². The quantitative estimate of drug-likeness (QED) is 0.679. The number of halogens is 2. The van der Waals surface area contributed by atoms with Crippen LogP contribution < -0.4 is 10.6 Å². The number of carbonyl (C=O) groups excluding carboxylic acids is 1. The Morgan fingerprint density at radius 1 is 1.40 bits per heavy atom. The van der Waals surface area contributed by atoms with Gasteiger partial charge in [-0.05, 0) is 18.6 Å². The fourth-order valence-corrected chi connectivity index (χ4v) is 1.73. The topological polar surface area (TPSA) is 58.7 Å². The van der Waals surface area contributed by atoms with Crippen LogP contribution in [-0.4, -0.2) is 32.6 Å². The summed E-state index contributed by atoms with van der Waals surface area (Å²) in [4.78, 5) is 17.2. The van der Waals surface area contributed by atoms with Gasteiger partial charge in [0.1, 0.15) is 0 Å². The number of aliphatic imine (C=N–C) groups is 1. The van der Waals surface area contributed by atoms with E-state index < -0.39 is 18.0 Å². The molecule has 0 aliphatic carbocycles. The van der Waals surface area contributed by atoms with E-state index in [1.54, 1.807) is 12.1 Å². The number of benzene rings is 1. The highest BCUT2D eigenvalue weighted by Gasteiger charge is 2.22. The second kappa shape index (κ2) is 6.79. The molecular formula is C14H17F2N3O. The second-order valence-electron chi connectivity index (χ2n) is 4.21. The zero-order valence-electron chi connectivity index (χ0n) is 11.6. The van der Waals surface area contributed by atoms with E-state index in [4.69, 9.17) is 5.73 Å². The van der Waals surface area contributed by atoms with Crippen LogP contribution in [0.25, 0.3) is 0 Å². The molecule has 1 aromatic carbocycles. The fourth-order valence-electron chi connectivity index (χ4n) is 1.73. The van der Waals surface area contributed by atoms with Crippen molar-refractivity contribution in [3.05, 3.63) is 41.1 Å². The van der Waals surface area contributed by atoms with E-state index in [0.29, 0.717) is 5.69 Å². The Bertz CT molecular complexity index is 553. The summed E-state index contributed by atoms with van der Waals surface area (Å²) >= 11 is 0. The van der Waals surface area contributed by atoms with Gasteiger partial charge in [-0.25, -0.2) is 8.78 Å². The number of aryl methyl sites for hydroxylation is 1. The van der Waals surface area contributed by atoms with Crippen LogP contribution >= 0.6 is 0 Å². The molecule has 0 bridgehead atoms. The monoisotopic (exact) mass is 281 g/mol. The number of allylic oxidation sites excluding steroid dienone is 1. The Morgan fingerprint density at radius 2 is 2.00 bits per heavy atom. The first-order chi connectivity index (χ1) is 9.40. The molecule has 0 heterocycles. The number of likely N-dealkylation sites (N-methyl/N-ethyl adjacent to an activating group) is 1. The van der Waals surface area contributed by atoms with E-state index >= 15 is 0 Å². The van der Waals surface area contributed by atoms with Crippen molar-refractivity contribution >= 4 is 17.8 Å². The number of anilines is 1. The van der Waals surface area contributed by atoms with Crippen molar-refractivity contribution in [3.63, 3.8) is 0 Å². The van der Waals surface area contributed by atoms with Gasteiger partial charge in [0.2, 0.25) is 0 Å². The molecule has 0 saturated carbocycles. The van der Waals surface area contributed by atoms with Crippen LogP contribution in [0.2, 0.25) is 0 Å². The third-order valence-corrected chi connectivity index (χ3v) is 2.82. The molecule has 1 amide bonds. The second-order valence-corrected chi connectivity index (χ2v) is 4.21. The molecule has 1 aromatic rings. The van der Waals surface area contributed by atoms with Crippen molar-refractivity contribution in [1.82, 2.24) is 0 Å². The molecule has 108 valence electrons. The molecule has 6 heteroatoms. The molecule has 0 aliphatic rings. The van der Waals surface area contributed by atoms with Crippen LogP contribution in [0.4, 0.5) is 14.5 Å². The average Bonchev–Trinajstić information content (AvgIpc) is 2.43. The summed E-state index contributed by atoms with van der Waals surface area (Å²) in [5, 5.41) is 0. The zero-order valence-corrected chi connectivity index (χ0v) is 11.6. The number of alkyl halides is 2. The van der Waals surface area contributed by atoms with E-state index in [2.05, 4.69) is 4.99 Å². The minimum atomic E-state index is -2.91. The van der Waals surface area contributed by atoms with Crippen molar-refractivity contribution in [1.29, 1.82) is 0 Å².